The third-order valence-electron chi connectivity index (χ3n) is 3.59. The van der Waals surface area contributed by atoms with Crippen LogP contribution in [0.4, 0.5) is 32.0 Å². The number of hydrogen-bond donors (Lipinski definition) is 1. The van der Waals surface area contributed by atoms with E-state index in [0.29, 0.717) is 23.6 Å². The van der Waals surface area contributed by atoms with Gasteiger partial charge in [-0.25, -0.2) is 0 Å². The van der Waals surface area contributed by atoms with Crippen LogP contribution in [-0.2, 0) is 17.1 Å². The van der Waals surface area contributed by atoms with Gasteiger partial charge in [-0.15, -0.1) is 0 Å². The lowest BCUT2D eigenvalue weighted by molar-refractivity contribution is -0.143. The van der Waals surface area contributed by atoms with Crippen molar-refractivity contribution in [1.82, 2.24) is 0 Å². The second-order valence-electron chi connectivity index (χ2n) is 5.65. The van der Waals surface area contributed by atoms with Crippen molar-refractivity contribution in [2.75, 3.05) is 18.7 Å². The molecule has 0 radical (unpaired) electrons. The van der Waals surface area contributed by atoms with Gasteiger partial charge in [-0.1, -0.05) is 0 Å². The average molecular weight is 407 g/mol. The van der Waals surface area contributed by atoms with E-state index in [-0.39, 0.29) is 18.5 Å². The minimum Gasteiger partial charge on any atom is -0.484 e. The molecule has 0 aliphatic carbocycles. The monoisotopic (exact) mass is 407 g/mol. The Hall–Kier alpha value is -3.11. The number of nitrogens with one attached hydrogen (secondary N) is 1. The van der Waals surface area contributed by atoms with Crippen LogP contribution in [0.25, 0.3) is 0 Å². The minimum absolute atomic E-state index is 0.0208. The zero-order valence-electron chi connectivity index (χ0n) is 13.8. The lowest BCUT2D eigenvalue weighted by atomic mass is 10.1. The molecular formula is C17H11F6NO4. The number of carbonyl (C=O) groups is 1. The van der Waals surface area contributed by atoms with Gasteiger partial charge in [0.25, 0.3) is 5.91 Å². The summed E-state index contributed by atoms with van der Waals surface area (Å²) in [7, 11) is 0. The molecule has 0 saturated heterocycles. The molecule has 28 heavy (non-hydrogen) atoms. The fourth-order valence-corrected chi connectivity index (χ4v) is 2.33. The highest BCUT2D eigenvalue weighted by Crippen LogP contribution is 2.38. The Bertz CT molecular complexity index is 862. The smallest absolute Gasteiger partial charge is 0.416 e. The van der Waals surface area contributed by atoms with Crippen molar-refractivity contribution in [3.63, 3.8) is 0 Å². The van der Waals surface area contributed by atoms with Crippen LogP contribution in [0.5, 0.6) is 17.2 Å². The molecule has 150 valence electrons. The Morgan fingerprint density at radius 3 is 2.14 bits per heavy atom. The molecule has 1 aliphatic heterocycles. The molecule has 2 aromatic carbocycles. The van der Waals surface area contributed by atoms with Crippen LogP contribution in [0.1, 0.15) is 11.1 Å². The Morgan fingerprint density at radius 2 is 1.54 bits per heavy atom. The lowest BCUT2D eigenvalue weighted by Gasteiger charge is -2.14. The highest BCUT2D eigenvalue weighted by atomic mass is 19.4. The van der Waals surface area contributed by atoms with E-state index in [0.717, 1.165) is 0 Å². The Labute approximate surface area is 153 Å². The third-order valence-corrected chi connectivity index (χ3v) is 3.59. The molecule has 0 aromatic heterocycles. The first-order chi connectivity index (χ1) is 13.0. The highest BCUT2D eigenvalue weighted by molar-refractivity contribution is 5.92. The van der Waals surface area contributed by atoms with Crippen LogP contribution in [0.15, 0.2) is 36.4 Å². The Kier molecular flexibility index (Phi) is 5.01. The lowest BCUT2D eigenvalue weighted by Crippen LogP contribution is -2.20. The topological polar surface area (TPSA) is 56.8 Å². The van der Waals surface area contributed by atoms with E-state index in [1.807, 2.05) is 0 Å². The van der Waals surface area contributed by atoms with E-state index < -0.39 is 41.7 Å². The van der Waals surface area contributed by atoms with Crippen LogP contribution < -0.4 is 19.5 Å². The SMILES string of the molecule is O=C(COc1cc(C(F)(F)F)cc(C(F)(F)F)c1)Nc1ccc2c(c1)OCO2. The van der Waals surface area contributed by atoms with Gasteiger partial charge in [0.15, 0.2) is 18.1 Å². The summed E-state index contributed by atoms with van der Waals surface area (Å²) in [5.74, 6) is -0.669. The minimum atomic E-state index is -5.01. The highest BCUT2D eigenvalue weighted by Gasteiger charge is 2.37. The molecule has 0 spiro atoms. The van der Waals surface area contributed by atoms with Gasteiger partial charge < -0.3 is 19.5 Å². The molecular weight excluding hydrogens is 396 g/mol. The average Bonchev–Trinajstić information content (AvgIpc) is 3.06. The molecule has 0 atom stereocenters. The van der Waals surface area contributed by atoms with Crippen molar-refractivity contribution >= 4 is 11.6 Å². The van der Waals surface area contributed by atoms with Crippen LogP contribution in [0.3, 0.4) is 0 Å². The quantitative estimate of drug-likeness (QED) is 0.760. The standard InChI is InChI=1S/C17H11F6NO4/c18-16(19,20)9-3-10(17(21,22)23)5-12(4-9)26-7-15(25)24-11-1-2-13-14(6-11)28-8-27-13/h1-6H,7-8H2,(H,24,25). The number of hydrogen-bond acceptors (Lipinski definition) is 4. The van der Waals surface area contributed by atoms with E-state index in [1.54, 1.807) is 0 Å². The maximum Gasteiger partial charge on any atom is 0.416 e. The van der Waals surface area contributed by atoms with Gasteiger partial charge in [0.05, 0.1) is 11.1 Å². The molecule has 3 rings (SSSR count). The number of fused-ring (bicyclic) bond motifs is 1. The van der Waals surface area contributed by atoms with E-state index >= 15 is 0 Å². The molecule has 11 heteroatoms. The van der Waals surface area contributed by atoms with Gasteiger partial charge >= 0.3 is 12.4 Å². The molecule has 1 aliphatic rings. The fourth-order valence-electron chi connectivity index (χ4n) is 2.33. The first-order valence-corrected chi connectivity index (χ1v) is 7.64. The molecule has 1 heterocycles. The van der Waals surface area contributed by atoms with Gasteiger partial charge in [-0.05, 0) is 30.3 Å². The van der Waals surface area contributed by atoms with Gasteiger partial charge in [-0.3, -0.25) is 4.79 Å². The van der Waals surface area contributed by atoms with Crippen molar-refractivity contribution in [3.8, 4) is 17.2 Å². The van der Waals surface area contributed by atoms with Crippen LogP contribution in [-0.4, -0.2) is 19.3 Å². The summed E-state index contributed by atoms with van der Waals surface area (Å²) in [6, 6.07) is 5.22. The summed E-state index contributed by atoms with van der Waals surface area (Å²) in [6.07, 6.45) is -10.0. The summed E-state index contributed by atoms with van der Waals surface area (Å²) < 4.78 is 91.9. The molecule has 5 nitrogen and oxygen atoms in total. The normalized spacial score (nSPS) is 13.4. The van der Waals surface area contributed by atoms with Crippen molar-refractivity contribution in [2.45, 2.75) is 12.4 Å². The maximum atomic E-state index is 12.8. The van der Waals surface area contributed by atoms with Crippen molar-refractivity contribution < 1.29 is 45.3 Å². The maximum absolute atomic E-state index is 12.8. The van der Waals surface area contributed by atoms with Crippen LogP contribution in [0, 0.1) is 0 Å². The Balaban J connectivity index is 1.70. The van der Waals surface area contributed by atoms with E-state index in [4.69, 9.17) is 14.2 Å². The molecule has 1 amide bonds. The number of rotatable bonds is 4. The molecule has 0 saturated carbocycles. The number of benzene rings is 2. The van der Waals surface area contributed by atoms with E-state index in [9.17, 15) is 31.1 Å². The van der Waals surface area contributed by atoms with Gasteiger partial charge in [-0.2, -0.15) is 26.3 Å². The van der Waals surface area contributed by atoms with Crippen molar-refractivity contribution in [2.24, 2.45) is 0 Å². The number of carbonyl (C=O) groups excluding carboxylic acids is 1. The van der Waals surface area contributed by atoms with Crippen molar-refractivity contribution in [1.29, 1.82) is 0 Å². The molecule has 1 N–H and O–H groups in total. The molecule has 0 fully saturated rings. The molecule has 0 unspecified atom stereocenters. The first-order valence-electron chi connectivity index (χ1n) is 7.64. The fraction of sp³-hybridized carbons (Fsp3) is 0.235. The second-order valence-corrected chi connectivity index (χ2v) is 5.65. The van der Waals surface area contributed by atoms with E-state index in [1.165, 1.54) is 18.2 Å². The summed E-state index contributed by atoms with van der Waals surface area (Å²) in [6.45, 7) is -0.778. The predicted molar refractivity (Wildman–Crippen MR) is 83.1 cm³/mol. The summed E-state index contributed by atoms with van der Waals surface area (Å²) in [5, 5.41) is 2.39. The summed E-state index contributed by atoms with van der Waals surface area (Å²) in [5.41, 5.74) is -2.78. The summed E-state index contributed by atoms with van der Waals surface area (Å²) >= 11 is 0. The predicted octanol–water partition coefficient (Wildman–Crippen LogP) is 4.47. The zero-order chi connectivity index (χ0) is 20.5. The van der Waals surface area contributed by atoms with Gasteiger partial charge in [0.2, 0.25) is 6.79 Å². The molecule has 0 bridgehead atoms. The van der Waals surface area contributed by atoms with Crippen LogP contribution in [0.2, 0.25) is 0 Å². The van der Waals surface area contributed by atoms with Gasteiger partial charge in [0.1, 0.15) is 5.75 Å². The Morgan fingerprint density at radius 1 is 0.929 bits per heavy atom. The van der Waals surface area contributed by atoms with Crippen LogP contribution >= 0.6 is 0 Å². The number of ether oxygens (including phenoxy) is 3. The zero-order valence-corrected chi connectivity index (χ0v) is 13.8. The molecule has 2 aromatic rings. The number of amides is 1. The third kappa shape index (κ3) is 4.59. The second kappa shape index (κ2) is 7.13. The number of halogens is 6. The number of alkyl halides is 6. The number of anilines is 1. The largest absolute Gasteiger partial charge is 0.484 e. The van der Waals surface area contributed by atoms with Crippen molar-refractivity contribution in [3.05, 3.63) is 47.5 Å². The van der Waals surface area contributed by atoms with E-state index in [2.05, 4.69) is 5.32 Å². The summed E-state index contributed by atoms with van der Waals surface area (Å²) in [4.78, 5) is 11.9. The first kappa shape index (κ1) is 19.6. The van der Waals surface area contributed by atoms with Gasteiger partial charge in [0, 0.05) is 11.8 Å².